The van der Waals surface area contributed by atoms with Crippen molar-refractivity contribution in [2.75, 3.05) is 0 Å². The van der Waals surface area contributed by atoms with Crippen molar-refractivity contribution < 1.29 is 19.5 Å². The van der Waals surface area contributed by atoms with Crippen molar-refractivity contribution in [3.8, 4) is 0 Å². The summed E-state index contributed by atoms with van der Waals surface area (Å²) in [6.45, 7) is 1.82. The summed E-state index contributed by atoms with van der Waals surface area (Å²) in [4.78, 5) is 38.3. The highest BCUT2D eigenvalue weighted by Gasteiger charge is 2.42. The average molecular weight is 355 g/mol. The molecule has 1 aliphatic heterocycles. The normalized spacial score (nSPS) is 18.4. The first-order valence-electron chi connectivity index (χ1n) is 7.89. The molecule has 3 rings (SSSR count). The zero-order valence-corrected chi connectivity index (χ0v) is 14.4. The number of imide groups is 1. The zero-order valence-electron chi connectivity index (χ0n) is 13.6. The van der Waals surface area contributed by atoms with E-state index in [0.717, 1.165) is 17.3 Å². The summed E-state index contributed by atoms with van der Waals surface area (Å²) in [5.41, 5.74) is 1.03. The van der Waals surface area contributed by atoms with Gasteiger partial charge in [0, 0.05) is 11.3 Å². The van der Waals surface area contributed by atoms with E-state index >= 15 is 0 Å². The summed E-state index contributed by atoms with van der Waals surface area (Å²) in [6.07, 6.45) is 0.0780. The lowest BCUT2D eigenvalue weighted by molar-refractivity contribution is -0.140. The number of hydrogen-bond acceptors (Lipinski definition) is 4. The largest absolute Gasteiger partial charge is 0.478 e. The monoisotopic (exact) mass is 355 g/mol. The van der Waals surface area contributed by atoms with E-state index in [-0.39, 0.29) is 29.8 Å². The van der Waals surface area contributed by atoms with Crippen LogP contribution in [0.3, 0.4) is 0 Å². The number of carboxylic acid groups (broad SMARTS) is 1. The highest BCUT2D eigenvalue weighted by molar-refractivity contribution is 8.00. The molecule has 128 valence electrons. The molecule has 2 aromatic carbocycles. The Bertz CT molecular complexity index is 821. The van der Waals surface area contributed by atoms with Gasteiger partial charge in [0.2, 0.25) is 11.8 Å². The molecule has 0 saturated carbocycles. The second-order valence-electron chi connectivity index (χ2n) is 5.80. The highest BCUT2D eigenvalue weighted by atomic mass is 32.2. The van der Waals surface area contributed by atoms with Crippen LogP contribution in [0.25, 0.3) is 0 Å². The number of benzene rings is 2. The van der Waals surface area contributed by atoms with Crippen LogP contribution in [0.5, 0.6) is 0 Å². The second kappa shape index (κ2) is 7.11. The van der Waals surface area contributed by atoms with Gasteiger partial charge in [-0.2, -0.15) is 0 Å². The topological polar surface area (TPSA) is 74.7 Å². The van der Waals surface area contributed by atoms with Crippen LogP contribution in [0.15, 0.2) is 59.5 Å². The summed E-state index contributed by atoms with van der Waals surface area (Å²) in [6, 6.07) is 15.5. The van der Waals surface area contributed by atoms with Crippen molar-refractivity contribution in [1.82, 2.24) is 4.90 Å². The van der Waals surface area contributed by atoms with Gasteiger partial charge in [-0.3, -0.25) is 14.5 Å². The minimum Gasteiger partial charge on any atom is -0.478 e. The fourth-order valence-electron chi connectivity index (χ4n) is 2.90. The molecule has 1 N–H and O–H groups in total. The molecule has 1 fully saturated rings. The van der Waals surface area contributed by atoms with Gasteiger partial charge in [-0.05, 0) is 24.6 Å². The van der Waals surface area contributed by atoms with Crippen LogP contribution >= 0.6 is 11.8 Å². The van der Waals surface area contributed by atoms with Gasteiger partial charge >= 0.3 is 5.97 Å². The summed E-state index contributed by atoms with van der Waals surface area (Å²) in [5, 5.41) is 8.67. The van der Waals surface area contributed by atoms with Crippen molar-refractivity contribution in [1.29, 1.82) is 0 Å². The van der Waals surface area contributed by atoms with Crippen LogP contribution in [0, 0.1) is 0 Å². The third-order valence-corrected chi connectivity index (χ3v) is 5.46. The number of likely N-dealkylation sites (tertiary alicyclic amines) is 1. The number of carbonyl (C=O) groups is 3. The lowest BCUT2D eigenvalue weighted by atomic mass is 10.1. The number of hydrogen-bond donors (Lipinski definition) is 1. The molecule has 25 heavy (non-hydrogen) atoms. The fraction of sp³-hybridized carbons (Fsp3) is 0.211. The number of nitrogens with zero attached hydrogens (tertiary/aromatic N) is 1. The lowest BCUT2D eigenvalue weighted by Crippen LogP contribution is -2.33. The molecule has 0 radical (unpaired) electrons. The molecule has 1 aliphatic rings. The average Bonchev–Trinajstić information content (AvgIpc) is 2.89. The summed E-state index contributed by atoms with van der Waals surface area (Å²) < 4.78 is 0. The van der Waals surface area contributed by atoms with Gasteiger partial charge in [-0.25, -0.2) is 4.79 Å². The predicted octanol–water partition coefficient (Wildman–Crippen LogP) is 3.37. The van der Waals surface area contributed by atoms with E-state index in [0.29, 0.717) is 4.90 Å². The molecule has 2 amide bonds. The third-order valence-electron chi connectivity index (χ3n) is 4.20. The van der Waals surface area contributed by atoms with E-state index in [1.165, 1.54) is 11.0 Å². The molecule has 5 nitrogen and oxygen atoms in total. The van der Waals surface area contributed by atoms with Crippen molar-refractivity contribution in [2.45, 2.75) is 29.5 Å². The van der Waals surface area contributed by atoms with Gasteiger partial charge in [0.1, 0.15) is 0 Å². The zero-order chi connectivity index (χ0) is 18.0. The van der Waals surface area contributed by atoms with Crippen molar-refractivity contribution >= 4 is 29.5 Å². The van der Waals surface area contributed by atoms with Crippen LogP contribution in [-0.4, -0.2) is 33.0 Å². The maximum Gasteiger partial charge on any atom is 0.336 e. The molecule has 2 aromatic rings. The second-order valence-corrected chi connectivity index (χ2v) is 7.05. The van der Waals surface area contributed by atoms with E-state index in [4.69, 9.17) is 0 Å². The Hall–Kier alpha value is -2.60. The summed E-state index contributed by atoms with van der Waals surface area (Å²) >= 11 is 1.14. The molecule has 2 atom stereocenters. The van der Waals surface area contributed by atoms with E-state index in [1.54, 1.807) is 18.2 Å². The number of amides is 2. The van der Waals surface area contributed by atoms with Gasteiger partial charge in [0.15, 0.2) is 0 Å². The van der Waals surface area contributed by atoms with Gasteiger partial charge in [0.05, 0.1) is 16.9 Å². The van der Waals surface area contributed by atoms with Crippen LogP contribution in [-0.2, 0) is 9.59 Å². The number of rotatable bonds is 5. The van der Waals surface area contributed by atoms with E-state index in [9.17, 15) is 19.5 Å². The first-order valence-corrected chi connectivity index (χ1v) is 8.77. The Morgan fingerprint density at radius 2 is 1.76 bits per heavy atom. The van der Waals surface area contributed by atoms with E-state index in [1.807, 2.05) is 37.3 Å². The van der Waals surface area contributed by atoms with Crippen LogP contribution in [0.1, 0.15) is 35.3 Å². The molecular weight excluding hydrogens is 338 g/mol. The smallest absolute Gasteiger partial charge is 0.336 e. The predicted molar refractivity (Wildman–Crippen MR) is 94.4 cm³/mol. The van der Waals surface area contributed by atoms with Crippen LogP contribution in [0.4, 0.5) is 0 Å². The first-order chi connectivity index (χ1) is 12.0. The van der Waals surface area contributed by atoms with Crippen LogP contribution in [0.2, 0.25) is 0 Å². The van der Waals surface area contributed by atoms with Gasteiger partial charge in [-0.1, -0.05) is 42.5 Å². The maximum absolute atomic E-state index is 12.8. The standard InChI is InChI=1S/C19H17NO4S/c1-12(13-7-3-2-4-8-13)20-17(21)11-16(18(20)22)25-15-10-6-5-9-14(15)19(23)24/h2-10,12,16H,11H2,1H3,(H,23,24)/t12-,16+/m1/s1. The minimum absolute atomic E-state index is 0.0780. The van der Waals surface area contributed by atoms with Gasteiger partial charge in [0.25, 0.3) is 0 Å². The third kappa shape index (κ3) is 3.44. The maximum atomic E-state index is 12.8. The van der Waals surface area contributed by atoms with Crippen molar-refractivity contribution in [2.24, 2.45) is 0 Å². The number of carboxylic acids is 1. The number of thioether (sulfide) groups is 1. The van der Waals surface area contributed by atoms with Gasteiger partial charge < -0.3 is 5.11 Å². The molecule has 0 unspecified atom stereocenters. The van der Waals surface area contributed by atoms with E-state index in [2.05, 4.69) is 0 Å². The molecule has 0 aromatic heterocycles. The molecule has 6 heteroatoms. The number of aromatic carboxylic acids is 1. The van der Waals surface area contributed by atoms with Crippen LogP contribution < -0.4 is 0 Å². The number of carbonyl (C=O) groups excluding carboxylic acids is 2. The Morgan fingerprint density at radius 3 is 2.44 bits per heavy atom. The Labute approximate surface area is 149 Å². The SMILES string of the molecule is C[C@H](c1ccccc1)N1C(=O)C[C@H](Sc2ccccc2C(=O)O)C1=O. The molecule has 0 aliphatic carbocycles. The lowest BCUT2D eigenvalue weighted by Gasteiger charge is -2.23. The molecule has 1 saturated heterocycles. The molecular formula is C19H17NO4S. The van der Waals surface area contributed by atoms with Crippen molar-refractivity contribution in [3.05, 3.63) is 65.7 Å². The molecule has 0 bridgehead atoms. The quantitative estimate of drug-likeness (QED) is 0.833. The highest BCUT2D eigenvalue weighted by Crippen LogP contribution is 2.36. The van der Waals surface area contributed by atoms with Crippen molar-refractivity contribution in [3.63, 3.8) is 0 Å². The van der Waals surface area contributed by atoms with Gasteiger partial charge in [-0.15, -0.1) is 11.8 Å². The van der Waals surface area contributed by atoms with E-state index < -0.39 is 11.2 Å². The molecule has 1 heterocycles. The summed E-state index contributed by atoms with van der Waals surface area (Å²) in [5.74, 6) is -1.55. The Kier molecular flexibility index (Phi) is 4.90. The minimum atomic E-state index is -1.05. The molecule has 0 spiro atoms. The Morgan fingerprint density at radius 1 is 1.12 bits per heavy atom. The first kappa shape index (κ1) is 17.2. The Balaban J connectivity index is 1.81. The fourth-order valence-corrected chi connectivity index (χ4v) is 4.09. The summed E-state index contributed by atoms with van der Waals surface area (Å²) in [7, 11) is 0.